The highest BCUT2D eigenvalue weighted by atomic mass is 32.2. The topological polar surface area (TPSA) is 264 Å². The van der Waals surface area contributed by atoms with Gasteiger partial charge in [-0.25, -0.2) is 0 Å². The number of amides is 1. The highest BCUT2D eigenvalue weighted by Gasteiger charge is 2.47. The van der Waals surface area contributed by atoms with Crippen LogP contribution >= 0.6 is 0 Å². The van der Waals surface area contributed by atoms with Crippen LogP contribution in [0.4, 0.5) is 17.1 Å². The maximum absolute atomic E-state index is 13.4. The summed E-state index contributed by atoms with van der Waals surface area (Å²) in [5.41, 5.74) is 5.68. The van der Waals surface area contributed by atoms with Gasteiger partial charge in [0.05, 0.1) is 26.5 Å². The SMILES string of the molecule is CCN1c2ccc3c(S(=O)(=O)O)cc(S(=O)(=O)O)cc3c2C(C)(C)C1C/C=C(/C=C/C1=[N+](CC)c2ccc3c(C)cc(S(=O)(=O)O)cc3c2C1(C)C)c1ccc(C(=O)NCc2ccc(NS(=O)[O-])cc2)cn1. The zero-order valence-electron chi connectivity index (χ0n) is 40.3. The number of fused-ring (bicyclic) bond motifs is 6. The fourth-order valence-corrected chi connectivity index (χ4v) is 12.7. The molecule has 5 N–H and O–H groups in total. The molecule has 2 aliphatic heterocycles. The zero-order chi connectivity index (χ0) is 52.5. The second-order valence-corrected chi connectivity index (χ2v) is 23.8. The van der Waals surface area contributed by atoms with Crippen LogP contribution in [-0.2, 0) is 59.0 Å². The van der Waals surface area contributed by atoms with Crippen molar-refractivity contribution < 1.29 is 57.0 Å². The molecule has 0 spiro atoms. The number of pyridine rings is 1. The Bertz CT molecular complexity index is 3700. The lowest BCUT2D eigenvalue weighted by Crippen LogP contribution is -2.41. The number of nitrogens with zero attached hydrogens (tertiary/aromatic N) is 3. The standard InChI is InChI=1S/C51H53N5O12S4/c1-8-55-42-20-17-37-30(3)24-35(70(60,61)62)25-39(37)47(42)50(4,5)45(55)22-13-32(41-19-12-33(29-52-41)49(57)53-28-31-10-15-34(16-11-31)54-69(58)59)14-23-46-51(6,7)48-40-26-36(71(63,64)65)27-44(72(66,67)68)38(40)18-21-43(48)56(46)9-2/h10-22,24-27,29,46,54H,8-9,23,28H2,1-7H3,(H4-,53,57,58,59,60,61,62,63,64,65,66,67,68)/b22-13+,32-14-. The van der Waals surface area contributed by atoms with Gasteiger partial charge in [0.25, 0.3) is 36.3 Å². The van der Waals surface area contributed by atoms with Crippen LogP contribution in [0, 0.1) is 6.92 Å². The molecule has 21 heteroatoms. The molecule has 1 amide bonds. The van der Waals surface area contributed by atoms with E-state index in [2.05, 4.69) is 19.5 Å². The Balaban J connectivity index is 1.21. The van der Waals surface area contributed by atoms with E-state index in [-0.39, 0.29) is 33.8 Å². The van der Waals surface area contributed by atoms with Crippen molar-refractivity contribution in [3.05, 3.63) is 143 Å². The van der Waals surface area contributed by atoms with Crippen LogP contribution in [0.2, 0.25) is 0 Å². The van der Waals surface area contributed by atoms with E-state index in [1.165, 1.54) is 30.5 Å². The van der Waals surface area contributed by atoms with Crippen LogP contribution in [0.15, 0.2) is 124 Å². The molecule has 8 rings (SSSR count). The molecule has 2 atom stereocenters. The number of benzene rings is 5. The van der Waals surface area contributed by atoms with Crippen LogP contribution < -0.4 is 14.9 Å². The molecule has 0 aliphatic carbocycles. The average Bonchev–Trinajstić information content (AvgIpc) is 3.67. The first-order chi connectivity index (χ1) is 33.7. The number of aromatic nitrogens is 1. The summed E-state index contributed by atoms with van der Waals surface area (Å²) < 4.78 is 132. The van der Waals surface area contributed by atoms with Gasteiger partial charge in [0.15, 0.2) is 5.71 Å². The molecule has 6 aromatic rings. The van der Waals surface area contributed by atoms with Gasteiger partial charge in [-0.15, -0.1) is 0 Å². The number of hydrogen-bond acceptors (Lipinski definition) is 11. The quantitative estimate of drug-likeness (QED) is 0.0281. The predicted octanol–water partition coefficient (Wildman–Crippen LogP) is 8.18. The van der Waals surface area contributed by atoms with Crippen molar-refractivity contribution in [1.29, 1.82) is 0 Å². The smallest absolute Gasteiger partial charge is 0.295 e. The molecule has 1 aromatic heterocycles. The molecular formula is C51H53N5O12S4. The van der Waals surface area contributed by atoms with Crippen LogP contribution in [0.5, 0.6) is 0 Å². The first-order valence-electron chi connectivity index (χ1n) is 22.8. The molecule has 0 fully saturated rings. The molecule has 0 saturated heterocycles. The number of allylic oxidation sites excluding steroid dienone is 3. The number of aryl methyl sites for hydroxylation is 1. The summed E-state index contributed by atoms with van der Waals surface area (Å²) in [6.45, 7) is 15.0. The Morgan fingerprint density at radius 3 is 2.04 bits per heavy atom. The number of carbonyl (C=O) groups is 1. The van der Waals surface area contributed by atoms with Gasteiger partial charge in [0, 0.05) is 76.5 Å². The lowest BCUT2D eigenvalue weighted by Gasteiger charge is -2.33. The van der Waals surface area contributed by atoms with Gasteiger partial charge in [-0.2, -0.15) is 29.8 Å². The first kappa shape index (κ1) is 52.2. The molecule has 0 radical (unpaired) electrons. The third kappa shape index (κ3) is 9.74. The maximum atomic E-state index is 13.4. The Morgan fingerprint density at radius 1 is 0.819 bits per heavy atom. The van der Waals surface area contributed by atoms with Crippen LogP contribution in [0.3, 0.4) is 0 Å². The molecule has 17 nitrogen and oxygen atoms in total. The lowest BCUT2D eigenvalue weighted by atomic mass is 9.77. The van der Waals surface area contributed by atoms with E-state index in [0.29, 0.717) is 58.7 Å². The second-order valence-electron chi connectivity index (χ2n) is 18.9. The van der Waals surface area contributed by atoms with Gasteiger partial charge in [0.2, 0.25) is 5.69 Å². The second kappa shape index (κ2) is 19.0. The monoisotopic (exact) mass is 1060 g/mol. The van der Waals surface area contributed by atoms with Crippen molar-refractivity contribution in [2.24, 2.45) is 0 Å². The molecule has 2 unspecified atom stereocenters. The van der Waals surface area contributed by atoms with E-state index < -0.39 is 68.1 Å². The number of carbonyl (C=O) groups excluding carboxylic acids is 1. The normalized spacial score (nSPS) is 17.2. The van der Waals surface area contributed by atoms with Gasteiger partial charge in [0.1, 0.15) is 11.4 Å². The van der Waals surface area contributed by atoms with Gasteiger partial charge in [-0.05, 0) is 146 Å². The van der Waals surface area contributed by atoms with Gasteiger partial charge >= 0.3 is 0 Å². The van der Waals surface area contributed by atoms with Crippen molar-refractivity contribution in [1.82, 2.24) is 10.3 Å². The van der Waals surface area contributed by atoms with E-state index in [4.69, 9.17) is 4.98 Å². The summed E-state index contributed by atoms with van der Waals surface area (Å²) in [5.74, 6) is -0.400. The number of rotatable bonds is 15. The van der Waals surface area contributed by atoms with Crippen molar-refractivity contribution in [2.75, 3.05) is 22.7 Å². The summed E-state index contributed by atoms with van der Waals surface area (Å²) in [6.07, 6.45) is 7.76. The summed E-state index contributed by atoms with van der Waals surface area (Å²) in [7, 11) is -14.4. The maximum Gasteiger partial charge on any atom is 0.295 e. The van der Waals surface area contributed by atoms with Crippen LogP contribution in [-0.4, -0.2) is 88.0 Å². The summed E-state index contributed by atoms with van der Waals surface area (Å²) in [4.78, 5) is 18.8. The van der Waals surface area contributed by atoms with Crippen molar-refractivity contribution in [3.63, 3.8) is 0 Å². The van der Waals surface area contributed by atoms with E-state index in [1.807, 2.05) is 71.9 Å². The molecule has 2 aliphatic rings. The molecule has 5 aromatic carbocycles. The fraction of sp³-hybridized carbons (Fsp3) is 0.275. The predicted molar refractivity (Wildman–Crippen MR) is 277 cm³/mol. The zero-order valence-corrected chi connectivity index (χ0v) is 43.6. The third-order valence-corrected chi connectivity index (χ3v) is 16.8. The minimum atomic E-state index is -4.94. The first-order valence-corrected chi connectivity index (χ1v) is 28.2. The molecule has 3 heterocycles. The van der Waals surface area contributed by atoms with Crippen molar-refractivity contribution >= 4 is 97.4 Å². The van der Waals surface area contributed by atoms with Crippen molar-refractivity contribution in [3.8, 4) is 0 Å². The van der Waals surface area contributed by atoms with Crippen molar-refractivity contribution in [2.45, 2.75) is 93.0 Å². The molecule has 72 heavy (non-hydrogen) atoms. The number of nitrogens with one attached hydrogen (secondary N) is 2. The van der Waals surface area contributed by atoms with E-state index in [1.54, 1.807) is 49.4 Å². The fourth-order valence-electron chi connectivity index (χ4n) is 10.5. The molecule has 378 valence electrons. The van der Waals surface area contributed by atoms with Crippen LogP contribution in [0.25, 0.3) is 27.1 Å². The summed E-state index contributed by atoms with van der Waals surface area (Å²) in [6, 6.07) is 21.7. The highest BCUT2D eigenvalue weighted by molar-refractivity contribution is 7.87. The van der Waals surface area contributed by atoms with Gasteiger partial charge in [-0.1, -0.05) is 38.1 Å². The Kier molecular flexibility index (Phi) is 13.8. The van der Waals surface area contributed by atoms with Gasteiger partial charge in [-0.3, -0.25) is 27.6 Å². The Morgan fingerprint density at radius 2 is 1.46 bits per heavy atom. The highest BCUT2D eigenvalue weighted by Crippen LogP contribution is 2.51. The lowest BCUT2D eigenvalue weighted by molar-refractivity contribution is -0.433. The van der Waals surface area contributed by atoms with Gasteiger partial charge < -0.3 is 19.5 Å². The van der Waals surface area contributed by atoms with E-state index >= 15 is 0 Å². The largest absolute Gasteiger partial charge is 0.755 e. The summed E-state index contributed by atoms with van der Waals surface area (Å²) >= 11 is -2.48. The minimum absolute atomic E-state index is 0.0838. The number of likely N-dealkylation sites (N-methyl/N-ethyl adjacent to an activating group) is 1. The molecule has 0 bridgehead atoms. The number of hydrogen-bond donors (Lipinski definition) is 5. The Labute approximate surface area is 421 Å². The minimum Gasteiger partial charge on any atom is -0.755 e. The van der Waals surface area contributed by atoms with E-state index in [9.17, 15) is 52.5 Å². The summed E-state index contributed by atoms with van der Waals surface area (Å²) in [5, 5.41) is 4.71. The number of anilines is 2. The Hall–Kier alpha value is -6.17. The van der Waals surface area contributed by atoms with E-state index in [0.717, 1.165) is 34.0 Å². The molecular weight excluding hydrogens is 1000 g/mol. The van der Waals surface area contributed by atoms with Crippen LogP contribution in [0.1, 0.15) is 86.3 Å². The average molecular weight is 1060 g/mol. The third-order valence-electron chi connectivity index (χ3n) is 13.8. The molecule has 0 saturated carbocycles.